The standard InChI is InChI=1S/C14H15N3O3S/c1-7(2)11-12(21-17-16-11)13(18)15-10-6-4-5-9(8(10)3)14(19)20/h4-7H,1-3H3,(H,15,18)(H,19,20). The van der Waals surface area contributed by atoms with Gasteiger partial charge in [0.15, 0.2) is 0 Å². The third-order valence-electron chi connectivity index (χ3n) is 3.08. The number of amides is 1. The van der Waals surface area contributed by atoms with Crippen molar-refractivity contribution in [1.29, 1.82) is 0 Å². The normalized spacial score (nSPS) is 10.7. The quantitative estimate of drug-likeness (QED) is 0.906. The Morgan fingerprint density at radius 3 is 2.67 bits per heavy atom. The second-order valence-electron chi connectivity index (χ2n) is 4.88. The molecule has 2 N–H and O–H groups in total. The van der Waals surface area contributed by atoms with Crippen molar-refractivity contribution in [1.82, 2.24) is 9.59 Å². The lowest BCUT2D eigenvalue weighted by Crippen LogP contribution is -2.15. The maximum absolute atomic E-state index is 12.3. The summed E-state index contributed by atoms with van der Waals surface area (Å²) >= 11 is 1.03. The zero-order chi connectivity index (χ0) is 15.6. The lowest BCUT2D eigenvalue weighted by molar-refractivity contribution is 0.0695. The van der Waals surface area contributed by atoms with E-state index >= 15 is 0 Å². The molecule has 7 heteroatoms. The molecule has 0 spiro atoms. The van der Waals surface area contributed by atoms with E-state index in [1.807, 2.05) is 13.8 Å². The number of anilines is 1. The van der Waals surface area contributed by atoms with Crippen molar-refractivity contribution in [2.75, 3.05) is 5.32 Å². The molecule has 2 aromatic rings. The number of aromatic nitrogens is 2. The Morgan fingerprint density at radius 2 is 2.05 bits per heavy atom. The number of rotatable bonds is 4. The van der Waals surface area contributed by atoms with Gasteiger partial charge in [-0.15, -0.1) is 5.10 Å². The Kier molecular flexibility index (Phi) is 4.32. The molecule has 1 aromatic carbocycles. The molecule has 0 aliphatic heterocycles. The van der Waals surface area contributed by atoms with Crippen LogP contribution in [0.5, 0.6) is 0 Å². The second-order valence-corrected chi connectivity index (χ2v) is 5.63. The predicted octanol–water partition coefficient (Wildman–Crippen LogP) is 2.92. The number of carboxylic acids is 1. The summed E-state index contributed by atoms with van der Waals surface area (Å²) in [6.45, 7) is 5.53. The van der Waals surface area contributed by atoms with E-state index in [-0.39, 0.29) is 17.4 Å². The highest BCUT2D eigenvalue weighted by atomic mass is 32.1. The number of hydrogen-bond acceptors (Lipinski definition) is 5. The van der Waals surface area contributed by atoms with Crippen LogP contribution in [-0.2, 0) is 0 Å². The molecule has 21 heavy (non-hydrogen) atoms. The molecule has 1 amide bonds. The fraction of sp³-hybridized carbons (Fsp3) is 0.286. The molecule has 0 bridgehead atoms. The predicted molar refractivity (Wildman–Crippen MR) is 80.1 cm³/mol. The molecule has 0 atom stereocenters. The molecule has 0 radical (unpaired) electrons. The van der Waals surface area contributed by atoms with Crippen LogP contribution in [0.15, 0.2) is 18.2 Å². The Morgan fingerprint density at radius 1 is 1.33 bits per heavy atom. The lowest BCUT2D eigenvalue weighted by Gasteiger charge is -2.10. The van der Waals surface area contributed by atoms with Gasteiger partial charge in [0, 0.05) is 5.69 Å². The van der Waals surface area contributed by atoms with Gasteiger partial charge in [-0.05, 0) is 42.1 Å². The number of carbonyl (C=O) groups excluding carboxylic acids is 1. The summed E-state index contributed by atoms with van der Waals surface area (Å²) in [6.07, 6.45) is 0. The first-order valence-electron chi connectivity index (χ1n) is 6.38. The lowest BCUT2D eigenvalue weighted by atomic mass is 10.1. The monoisotopic (exact) mass is 305 g/mol. The van der Waals surface area contributed by atoms with Crippen LogP contribution in [0, 0.1) is 6.92 Å². The first kappa shape index (κ1) is 15.1. The molecule has 0 saturated carbocycles. The van der Waals surface area contributed by atoms with E-state index in [0.29, 0.717) is 21.8 Å². The molecule has 0 aliphatic rings. The summed E-state index contributed by atoms with van der Waals surface area (Å²) in [4.78, 5) is 23.9. The summed E-state index contributed by atoms with van der Waals surface area (Å²) < 4.78 is 3.81. The van der Waals surface area contributed by atoms with Gasteiger partial charge in [-0.2, -0.15) is 0 Å². The van der Waals surface area contributed by atoms with Crippen LogP contribution < -0.4 is 5.32 Å². The van der Waals surface area contributed by atoms with Crippen LogP contribution in [-0.4, -0.2) is 26.6 Å². The van der Waals surface area contributed by atoms with E-state index in [4.69, 9.17) is 5.11 Å². The Labute approximate surface area is 126 Å². The fourth-order valence-corrected chi connectivity index (χ4v) is 2.63. The molecular weight excluding hydrogens is 290 g/mol. The summed E-state index contributed by atoms with van der Waals surface area (Å²) in [6, 6.07) is 4.77. The van der Waals surface area contributed by atoms with Crippen LogP contribution in [0.1, 0.15) is 51.1 Å². The van der Waals surface area contributed by atoms with Crippen molar-refractivity contribution in [2.45, 2.75) is 26.7 Å². The molecule has 110 valence electrons. The smallest absolute Gasteiger partial charge is 0.336 e. The van der Waals surface area contributed by atoms with E-state index in [9.17, 15) is 9.59 Å². The van der Waals surface area contributed by atoms with Crippen LogP contribution in [0.4, 0.5) is 5.69 Å². The van der Waals surface area contributed by atoms with Gasteiger partial charge in [-0.3, -0.25) is 4.79 Å². The number of carbonyl (C=O) groups is 2. The average Bonchev–Trinajstić information content (AvgIpc) is 2.90. The molecule has 1 aromatic heterocycles. The number of nitrogens with one attached hydrogen (secondary N) is 1. The maximum Gasteiger partial charge on any atom is 0.336 e. The van der Waals surface area contributed by atoms with Gasteiger partial charge in [-0.1, -0.05) is 24.4 Å². The molecule has 6 nitrogen and oxygen atoms in total. The Balaban J connectivity index is 2.30. The highest BCUT2D eigenvalue weighted by Crippen LogP contribution is 2.23. The van der Waals surface area contributed by atoms with Gasteiger partial charge in [0.1, 0.15) is 4.88 Å². The number of nitrogens with zero attached hydrogens (tertiary/aromatic N) is 2. The number of hydrogen-bond donors (Lipinski definition) is 2. The van der Waals surface area contributed by atoms with E-state index < -0.39 is 5.97 Å². The zero-order valence-electron chi connectivity index (χ0n) is 11.9. The van der Waals surface area contributed by atoms with Crippen LogP contribution in [0.25, 0.3) is 0 Å². The molecule has 0 aliphatic carbocycles. The molecule has 0 unspecified atom stereocenters. The second kappa shape index (κ2) is 6.01. The van der Waals surface area contributed by atoms with Gasteiger partial charge < -0.3 is 10.4 Å². The number of aromatic carboxylic acids is 1. The average molecular weight is 305 g/mol. The zero-order valence-corrected chi connectivity index (χ0v) is 12.7. The van der Waals surface area contributed by atoms with Crippen molar-refractivity contribution in [3.8, 4) is 0 Å². The van der Waals surface area contributed by atoms with Crippen molar-refractivity contribution in [2.24, 2.45) is 0 Å². The Bertz CT molecular complexity index is 695. The van der Waals surface area contributed by atoms with Gasteiger partial charge in [0.2, 0.25) is 0 Å². The highest BCUT2D eigenvalue weighted by molar-refractivity contribution is 7.08. The van der Waals surface area contributed by atoms with Gasteiger partial charge in [0.25, 0.3) is 5.91 Å². The third kappa shape index (κ3) is 3.08. The van der Waals surface area contributed by atoms with E-state index in [2.05, 4.69) is 14.9 Å². The minimum Gasteiger partial charge on any atom is -0.478 e. The summed E-state index contributed by atoms with van der Waals surface area (Å²) in [5.41, 5.74) is 1.80. The summed E-state index contributed by atoms with van der Waals surface area (Å²) in [5, 5.41) is 15.8. The van der Waals surface area contributed by atoms with Gasteiger partial charge >= 0.3 is 5.97 Å². The first-order valence-corrected chi connectivity index (χ1v) is 7.15. The Hall–Kier alpha value is -2.28. The molecule has 2 rings (SSSR count). The number of carboxylic acid groups (broad SMARTS) is 1. The van der Waals surface area contributed by atoms with E-state index in [1.54, 1.807) is 19.1 Å². The molecular formula is C14H15N3O3S. The summed E-state index contributed by atoms with van der Waals surface area (Å²) in [5.74, 6) is -1.25. The van der Waals surface area contributed by atoms with Crippen LogP contribution >= 0.6 is 11.5 Å². The highest BCUT2D eigenvalue weighted by Gasteiger charge is 2.20. The van der Waals surface area contributed by atoms with Crippen molar-refractivity contribution in [3.05, 3.63) is 39.9 Å². The van der Waals surface area contributed by atoms with Crippen molar-refractivity contribution < 1.29 is 14.7 Å². The third-order valence-corrected chi connectivity index (χ3v) is 3.82. The maximum atomic E-state index is 12.3. The molecule has 0 saturated heterocycles. The first-order chi connectivity index (χ1) is 9.91. The fourth-order valence-electron chi connectivity index (χ4n) is 1.91. The SMILES string of the molecule is Cc1c(NC(=O)c2snnc2C(C)C)cccc1C(=O)O. The van der Waals surface area contributed by atoms with Crippen molar-refractivity contribution >= 4 is 29.1 Å². The number of benzene rings is 1. The minimum atomic E-state index is -1.02. The van der Waals surface area contributed by atoms with Crippen molar-refractivity contribution in [3.63, 3.8) is 0 Å². The largest absolute Gasteiger partial charge is 0.478 e. The molecule has 1 heterocycles. The minimum absolute atomic E-state index is 0.0935. The van der Waals surface area contributed by atoms with Gasteiger partial charge in [-0.25, -0.2) is 4.79 Å². The summed E-state index contributed by atoms with van der Waals surface area (Å²) in [7, 11) is 0. The topological polar surface area (TPSA) is 92.2 Å². The van der Waals surface area contributed by atoms with Crippen LogP contribution in [0.3, 0.4) is 0 Å². The molecule has 0 fully saturated rings. The van der Waals surface area contributed by atoms with Crippen LogP contribution in [0.2, 0.25) is 0 Å². The van der Waals surface area contributed by atoms with E-state index in [1.165, 1.54) is 6.07 Å². The van der Waals surface area contributed by atoms with E-state index in [0.717, 1.165) is 11.5 Å². The van der Waals surface area contributed by atoms with Gasteiger partial charge in [0.05, 0.1) is 11.3 Å².